The molecule has 1 aromatic carbocycles. The van der Waals surface area contributed by atoms with Crippen LogP contribution < -0.4 is 27.8 Å². The molecule has 3 amide bonds. The van der Waals surface area contributed by atoms with Crippen molar-refractivity contribution in [2.75, 3.05) is 12.3 Å². The van der Waals surface area contributed by atoms with Crippen molar-refractivity contribution < 1.29 is 24.3 Å². The zero-order valence-electron chi connectivity index (χ0n) is 23.7. The van der Waals surface area contributed by atoms with Crippen molar-refractivity contribution >= 4 is 35.6 Å². The van der Waals surface area contributed by atoms with Gasteiger partial charge in [0.1, 0.15) is 18.1 Å². The number of aromatic nitrogens is 3. The third kappa shape index (κ3) is 9.17. The Bertz CT molecular complexity index is 1240. The van der Waals surface area contributed by atoms with Crippen molar-refractivity contribution in [2.24, 2.45) is 16.5 Å². The number of nitrogens with one attached hydrogen (secondary N) is 2. The SMILES string of the molecule is C[C@@H](C(=O)N[C@@H](CCCN=C(N)N)C(=O)N[C@@H](Cc1ccccc1)C(=O)O)N(C(=O)n1cc(N)nn1)C1CCCCC1. The number of hydrogen-bond acceptors (Lipinski definition) is 8. The number of rotatable bonds is 13. The molecule has 1 saturated carbocycles. The molecule has 1 heterocycles. The summed E-state index contributed by atoms with van der Waals surface area (Å²) in [5.41, 5.74) is 17.2. The third-order valence-corrected chi connectivity index (χ3v) is 7.17. The minimum absolute atomic E-state index is 0.0536. The zero-order valence-corrected chi connectivity index (χ0v) is 23.7. The Morgan fingerprint density at radius 1 is 1.07 bits per heavy atom. The fraction of sp³-hybridized carbons (Fsp3) is 0.519. The highest BCUT2D eigenvalue weighted by atomic mass is 16.4. The maximum atomic E-state index is 13.6. The second kappa shape index (κ2) is 15.3. The number of carboxylic acids is 1. The largest absolute Gasteiger partial charge is 0.480 e. The Morgan fingerprint density at radius 3 is 2.33 bits per heavy atom. The van der Waals surface area contributed by atoms with Crippen molar-refractivity contribution in [3.63, 3.8) is 0 Å². The number of hydrogen-bond donors (Lipinski definition) is 6. The van der Waals surface area contributed by atoms with Crippen LogP contribution in [0.2, 0.25) is 0 Å². The summed E-state index contributed by atoms with van der Waals surface area (Å²) >= 11 is 0. The molecule has 1 aliphatic carbocycles. The molecular weight excluding hydrogens is 544 g/mol. The van der Waals surface area contributed by atoms with Crippen LogP contribution in [0.4, 0.5) is 10.6 Å². The summed E-state index contributed by atoms with van der Waals surface area (Å²) in [6, 6.07) is 4.76. The molecule has 0 unspecified atom stereocenters. The van der Waals surface area contributed by atoms with Crippen LogP contribution in [0, 0.1) is 0 Å². The first kappa shape index (κ1) is 31.8. The van der Waals surface area contributed by atoms with Gasteiger partial charge in [0.15, 0.2) is 11.8 Å². The number of carbonyl (C=O) groups is 4. The molecule has 0 saturated heterocycles. The normalized spacial score (nSPS) is 15.5. The molecule has 42 heavy (non-hydrogen) atoms. The summed E-state index contributed by atoms with van der Waals surface area (Å²) in [6.07, 6.45) is 6.01. The lowest BCUT2D eigenvalue weighted by Gasteiger charge is -2.37. The van der Waals surface area contributed by atoms with Crippen molar-refractivity contribution in [3.8, 4) is 0 Å². The van der Waals surface area contributed by atoms with Gasteiger partial charge in [-0.15, -0.1) is 5.10 Å². The predicted octanol–water partition coefficient (Wildman–Crippen LogP) is 0.202. The van der Waals surface area contributed by atoms with Crippen LogP contribution in [-0.2, 0) is 20.8 Å². The molecule has 0 radical (unpaired) electrons. The molecule has 9 N–H and O–H groups in total. The molecule has 0 spiro atoms. The van der Waals surface area contributed by atoms with Gasteiger partial charge in [-0.2, -0.15) is 4.68 Å². The Morgan fingerprint density at radius 2 is 1.74 bits per heavy atom. The molecule has 0 aliphatic heterocycles. The average molecular weight is 585 g/mol. The van der Waals surface area contributed by atoms with Crippen LogP contribution >= 0.6 is 0 Å². The molecule has 1 aliphatic rings. The summed E-state index contributed by atoms with van der Waals surface area (Å²) in [6.45, 7) is 1.77. The fourth-order valence-electron chi connectivity index (χ4n) is 5.00. The van der Waals surface area contributed by atoms with Gasteiger partial charge >= 0.3 is 12.0 Å². The summed E-state index contributed by atoms with van der Waals surface area (Å²) in [7, 11) is 0. The van der Waals surface area contributed by atoms with E-state index in [1.807, 2.05) is 0 Å². The molecule has 3 rings (SSSR count). The van der Waals surface area contributed by atoms with Crippen molar-refractivity contribution in [1.82, 2.24) is 30.5 Å². The number of nitrogens with zero attached hydrogens (tertiary/aromatic N) is 5. The molecule has 1 fully saturated rings. The average Bonchev–Trinajstić information content (AvgIpc) is 3.41. The van der Waals surface area contributed by atoms with Gasteiger partial charge in [-0.05, 0) is 38.2 Å². The van der Waals surface area contributed by atoms with Gasteiger partial charge in [-0.25, -0.2) is 9.59 Å². The summed E-state index contributed by atoms with van der Waals surface area (Å²) in [5, 5.41) is 22.5. The minimum atomic E-state index is -1.23. The lowest BCUT2D eigenvalue weighted by Crippen LogP contribution is -2.58. The Balaban J connectivity index is 1.79. The minimum Gasteiger partial charge on any atom is -0.480 e. The molecular formula is C27H40N10O5. The van der Waals surface area contributed by atoms with Crippen LogP contribution in [0.15, 0.2) is 41.5 Å². The highest BCUT2D eigenvalue weighted by Gasteiger charge is 2.36. The Kier molecular flexibility index (Phi) is 11.6. The number of amides is 3. The van der Waals surface area contributed by atoms with E-state index in [0.717, 1.165) is 29.5 Å². The number of carboxylic acid groups (broad SMARTS) is 1. The molecule has 0 bridgehead atoms. The second-order valence-electron chi connectivity index (χ2n) is 10.3. The molecule has 15 heteroatoms. The monoisotopic (exact) mass is 584 g/mol. The molecule has 15 nitrogen and oxygen atoms in total. The quantitative estimate of drug-likeness (QED) is 0.106. The number of nitrogens with two attached hydrogens (primary N) is 3. The molecule has 1 aromatic heterocycles. The van der Waals surface area contributed by atoms with Crippen LogP contribution in [0.25, 0.3) is 0 Å². The zero-order chi connectivity index (χ0) is 30.6. The van der Waals surface area contributed by atoms with Gasteiger partial charge in [0.25, 0.3) is 0 Å². The van der Waals surface area contributed by atoms with E-state index in [1.54, 1.807) is 37.3 Å². The third-order valence-electron chi connectivity index (χ3n) is 7.17. The van der Waals surface area contributed by atoms with Crippen LogP contribution in [0.3, 0.4) is 0 Å². The first-order valence-corrected chi connectivity index (χ1v) is 14.0. The van der Waals surface area contributed by atoms with Crippen molar-refractivity contribution in [1.29, 1.82) is 0 Å². The highest BCUT2D eigenvalue weighted by Crippen LogP contribution is 2.25. The van der Waals surface area contributed by atoms with Crippen LogP contribution in [-0.4, -0.2) is 85.5 Å². The van der Waals surface area contributed by atoms with E-state index in [0.29, 0.717) is 19.3 Å². The van der Waals surface area contributed by atoms with Gasteiger partial charge in [-0.1, -0.05) is 54.8 Å². The van der Waals surface area contributed by atoms with Crippen LogP contribution in [0.5, 0.6) is 0 Å². The smallest absolute Gasteiger partial charge is 0.347 e. The number of aliphatic imine (C=N–C) groups is 1. The van der Waals surface area contributed by atoms with Crippen LogP contribution in [0.1, 0.15) is 57.4 Å². The van der Waals surface area contributed by atoms with E-state index >= 15 is 0 Å². The Hall–Kier alpha value is -4.69. The maximum absolute atomic E-state index is 13.6. The van der Waals surface area contributed by atoms with Gasteiger partial charge in [0.05, 0.1) is 6.20 Å². The number of aliphatic carboxylic acids is 1. The number of anilines is 1. The predicted molar refractivity (Wildman–Crippen MR) is 155 cm³/mol. The number of nitrogen functional groups attached to an aromatic ring is 1. The lowest BCUT2D eigenvalue weighted by atomic mass is 9.93. The number of guanidine groups is 1. The maximum Gasteiger partial charge on any atom is 0.347 e. The van der Waals surface area contributed by atoms with Gasteiger partial charge < -0.3 is 37.8 Å². The first-order chi connectivity index (χ1) is 20.1. The number of benzene rings is 1. The fourth-order valence-corrected chi connectivity index (χ4v) is 5.00. The lowest BCUT2D eigenvalue weighted by molar-refractivity contribution is -0.142. The van der Waals surface area contributed by atoms with Gasteiger partial charge in [0.2, 0.25) is 11.8 Å². The van der Waals surface area contributed by atoms with E-state index in [2.05, 4.69) is 25.9 Å². The van der Waals surface area contributed by atoms with E-state index in [1.165, 1.54) is 11.1 Å². The molecule has 228 valence electrons. The summed E-state index contributed by atoms with van der Waals surface area (Å²) < 4.78 is 0.994. The highest BCUT2D eigenvalue weighted by molar-refractivity contribution is 5.93. The summed E-state index contributed by atoms with van der Waals surface area (Å²) in [4.78, 5) is 57.8. The van der Waals surface area contributed by atoms with Crippen molar-refractivity contribution in [2.45, 2.75) is 82.5 Å². The molecule has 2 aromatic rings. The van der Waals surface area contributed by atoms with E-state index in [9.17, 15) is 24.3 Å². The second-order valence-corrected chi connectivity index (χ2v) is 10.3. The standard InChI is InChI=1S/C27H40N10O5/c1-17(37(19-11-6-3-7-12-19)27(42)36-16-22(28)34-35-36)23(38)32-20(13-8-14-31-26(29)30)24(39)33-21(25(40)41)15-18-9-4-2-5-10-18/h2,4-5,9-10,16-17,19-21H,3,6-8,11-15,28H2,1H3,(H,32,38)(H,33,39)(H,40,41)(H4,29,30,31)/t17-,20-,21-/m0/s1. The van der Waals surface area contributed by atoms with Gasteiger partial charge in [0, 0.05) is 19.0 Å². The van der Waals surface area contributed by atoms with Gasteiger partial charge in [-0.3, -0.25) is 14.6 Å². The first-order valence-electron chi connectivity index (χ1n) is 14.0. The topological polar surface area (TPSA) is 237 Å². The summed E-state index contributed by atoms with van der Waals surface area (Å²) in [5.74, 6) is -2.53. The molecule has 3 atom stereocenters. The van der Waals surface area contributed by atoms with E-state index < -0.39 is 41.9 Å². The Labute approximate surface area is 243 Å². The van der Waals surface area contributed by atoms with Crippen molar-refractivity contribution in [3.05, 3.63) is 42.1 Å². The van der Waals surface area contributed by atoms with E-state index in [4.69, 9.17) is 17.2 Å². The number of carbonyl (C=O) groups excluding carboxylic acids is 3. The van der Waals surface area contributed by atoms with E-state index in [-0.39, 0.29) is 37.2 Å².